The fourth-order valence-corrected chi connectivity index (χ4v) is 12.5. The zero-order chi connectivity index (χ0) is 95.7. The second-order valence-electron chi connectivity index (χ2n) is 29.7. The van der Waals surface area contributed by atoms with Crippen molar-refractivity contribution in [3.63, 3.8) is 0 Å². The summed E-state index contributed by atoms with van der Waals surface area (Å²) in [5.74, 6) is 2.98. The molecule has 22 heteroatoms. The van der Waals surface area contributed by atoms with Crippen molar-refractivity contribution in [2.24, 2.45) is 0 Å². The summed E-state index contributed by atoms with van der Waals surface area (Å²) in [7, 11) is 8.01. The second-order valence-corrected chi connectivity index (χ2v) is 29.7. The molecule has 0 spiro atoms. The highest BCUT2D eigenvalue weighted by Gasteiger charge is 2.17. The maximum atomic E-state index is 11.4. The number of ether oxygens (including phenoxy) is 13. The standard InChI is InChI=1S/C14H20O3.C14H18O3.C14H20O2.C13H16O4.C13H18O3.C13H18O2.C12H16O3.C12H16O2/c2*1-5-17-14(15)9-11-6-7-12(10(2)3)13(8-11)16-4;1-5-16-14(15)9-12-6-7-13(10(2)3)11(4)8-12;1-4-17-13(15)8-10-5-6-11(9(2)14)12(7-10)16-3;1-4-11-7-6-10(8-12(11)15-3)9-13(14)16-5-2;1-4-12-7-6-11(8-10(12)3)9-13(14)15-5-2;1-4-15-12(13)8-10-6-5-9(2)11(7-10)14-3;1-4-14-12(13)8-11-6-5-9(2)10(3)7-11/h6-8,10H,5,9H2,1-4H3;6-8H,2,5,9H2,1,3-4H3;6-8,10H,5,9H2,1-4H3;5-7H,4,8H2,1-3H3;6-8H,4-5,9H2,1-3H3;6-8H,4-5,9H2,1-3H3;5-7H,4,8H2,1-3H3;5-7H,4,8H2,1-3H3. The highest BCUT2D eigenvalue weighted by molar-refractivity contribution is 5.97. The first-order valence-electron chi connectivity index (χ1n) is 43.4. The van der Waals surface area contributed by atoms with E-state index >= 15 is 0 Å². The minimum atomic E-state index is -0.287. The van der Waals surface area contributed by atoms with E-state index in [-0.39, 0.29) is 66.4 Å². The van der Waals surface area contributed by atoms with Gasteiger partial charge in [0.2, 0.25) is 0 Å². The van der Waals surface area contributed by atoms with Gasteiger partial charge in [-0.15, -0.1) is 0 Å². The van der Waals surface area contributed by atoms with Gasteiger partial charge in [0.25, 0.3) is 0 Å². The van der Waals surface area contributed by atoms with E-state index in [0.717, 1.165) is 108 Å². The maximum absolute atomic E-state index is 11.4. The average Bonchev–Trinajstić information content (AvgIpc) is 0.858. The molecule has 8 aromatic carbocycles. The van der Waals surface area contributed by atoms with Crippen molar-refractivity contribution in [2.75, 3.05) is 88.4 Å². The van der Waals surface area contributed by atoms with Gasteiger partial charge in [0.15, 0.2) is 5.78 Å². The number of hydrogen-bond acceptors (Lipinski definition) is 22. The first-order valence-corrected chi connectivity index (χ1v) is 43.4. The normalized spacial score (nSPS) is 10.0. The molecule has 8 rings (SSSR count). The molecule has 22 nitrogen and oxygen atoms in total. The fraction of sp³-hybridized carbons (Fsp3) is 0.438. The highest BCUT2D eigenvalue weighted by atomic mass is 16.6. The molecule has 0 N–H and O–H groups in total. The van der Waals surface area contributed by atoms with Crippen molar-refractivity contribution < 1.29 is 105 Å². The van der Waals surface area contributed by atoms with Gasteiger partial charge in [-0.2, -0.15) is 0 Å². The molecule has 0 unspecified atom stereocenters. The molecule has 0 aliphatic rings. The van der Waals surface area contributed by atoms with Crippen molar-refractivity contribution >= 4 is 59.1 Å². The molecule has 694 valence electrons. The van der Waals surface area contributed by atoms with E-state index < -0.39 is 0 Å². The zero-order valence-electron chi connectivity index (χ0n) is 80.4. The Morgan fingerprint density at radius 2 is 0.512 bits per heavy atom. The number of allylic oxidation sites excluding steroid dienone is 1. The molecule has 0 amide bonds. The number of benzene rings is 8. The average molecular weight is 1760 g/mol. The summed E-state index contributed by atoms with van der Waals surface area (Å²) in [6.45, 7) is 48.1. The van der Waals surface area contributed by atoms with Gasteiger partial charge >= 0.3 is 47.8 Å². The first kappa shape index (κ1) is 113. The lowest BCUT2D eigenvalue weighted by atomic mass is 9.95. The van der Waals surface area contributed by atoms with Gasteiger partial charge in [0.05, 0.1) is 145 Å². The number of hydrogen-bond donors (Lipinski definition) is 0. The molecule has 0 atom stereocenters. The number of ketones is 1. The Morgan fingerprint density at radius 3 is 0.803 bits per heavy atom. The number of Topliss-reactive ketones (excluding diaryl/α,β-unsaturated/α-hetero) is 1. The number of aryl methyl sites for hydroxylation is 7. The number of esters is 8. The molecule has 0 aromatic heterocycles. The Labute approximate surface area is 756 Å². The molecule has 127 heavy (non-hydrogen) atoms. The lowest BCUT2D eigenvalue weighted by Gasteiger charge is -2.13. The molecule has 0 saturated heterocycles. The third kappa shape index (κ3) is 45.1. The first-order chi connectivity index (χ1) is 60.5. The molecule has 0 bridgehead atoms. The van der Waals surface area contributed by atoms with E-state index in [1.165, 1.54) is 47.4 Å². The summed E-state index contributed by atoms with van der Waals surface area (Å²) in [6.07, 6.45) is 4.40. The molecule has 0 fully saturated rings. The lowest BCUT2D eigenvalue weighted by molar-refractivity contribution is -0.143. The van der Waals surface area contributed by atoms with Gasteiger partial charge < -0.3 is 61.6 Å². The Morgan fingerprint density at radius 1 is 0.260 bits per heavy atom. The third-order valence-corrected chi connectivity index (χ3v) is 19.0. The summed E-state index contributed by atoms with van der Waals surface area (Å²) in [6, 6.07) is 46.5. The van der Waals surface area contributed by atoms with E-state index in [1.807, 2.05) is 145 Å². The van der Waals surface area contributed by atoms with Gasteiger partial charge in [0, 0.05) is 5.56 Å². The molecule has 0 radical (unpaired) electrons. The molecule has 0 saturated carbocycles. The van der Waals surface area contributed by atoms with E-state index in [2.05, 4.69) is 93.2 Å². The van der Waals surface area contributed by atoms with Crippen LogP contribution in [-0.4, -0.2) is 142 Å². The van der Waals surface area contributed by atoms with E-state index in [0.29, 0.717) is 115 Å². The van der Waals surface area contributed by atoms with Gasteiger partial charge in [-0.25, -0.2) is 0 Å². The van der Waals surface area contributed by atoms with Crippen molar-refractivity contribution in [1.82, 2.24) is 0 Å². The molecule has 8 aromatic rings. The van der Waals surface area contributed by atoms with Crippen LogP contribution in [0.2, 0.25) is 0 Å². The van der Waals surface area contributed by atoms with Crippen LogP contribution in [0.25, 0.3) is 5.57 Å². The van der Waals surface area contributed by atoms with Crippen LogP contribution in [0.5, 0.6) is 28.7 Å². The molecule has 0 aliphatic heterocycles. The van der Waals surface area contributed by atoms with Crippen molar-refractivity contribution in [1.29, 1.82) is 0 Å². The Balaban J connectivity index is 0.000000726. The predicted molar refractivity (Wildman–Crippen MR) is 502 cm³/mol. The summed E-state index contributed by atoms with van der Waals surface area (Å²) < 4.78 is 65.3. The third-order valence-electron chi connectivity index (χ3n) is 19.0. The number of carbonyl (C=O) groups is 9. The van der Waals surface area contributed by atoms with Crippen LogP contribution >= 0.6 is 0 Å². The number of methoxy groups -OCH3 is 5. The van der Waals surface area contributed by atoms with Crippen LogP contribution < -0.4 is 23.7 Å². The van der Waals surface area contributed by atoms with Gasteiger partial charge in [-0.1, -0.05) is 157 Å². The molecule has 0 heterocycles. The van der Waals surface area contributed by atoms with Crippen molar-refractivity contribution in [3.8, 4) is 28.7 Å². The van der Waals surface area contributed by atoms with E-state index in [1.54, 1.807) is 81.3 Å². The van der Waals surface area contributed by atoms with Crippen LogP contribution in [0, 0.1) is 34.6 Å². The van der Waals surface area contributed by atoms with E-state index in [4.69, 9.17) is 61.6 Å². The summed E-state index contributed by atoms with van der Waals surface area (Å²) in [5.41, 5.74) is 20.9. The topological polar surface area (TPSA) is 274 Å². The SMILES string of the molecule is C=C(C)c1ccc(CC(=O)OCC)cc1OC.CCOC(=O)Cc1ccc(C(C)=O)c(OC)c1.CCOC(=O)Cc1ccc(C(C)C)c(C)c1.CCOC(=O)Cc1ccc(C(C)C)c(OC)c1.CCOC(=O)Cc1ccc(C)c(C)c1.CCOC(=O)Cc1ccc(C)c(OC)c1.CCOC(=O)Cc1ccc(CC)c(C)c1.CCOC(=O)Cc1ccc(CC)c(OC)c1. The second kappa shape index (κ2) is 63.8. The fourth-order valence-electron chi connectivity index (χ4n) is 12.5. The van der Waals surface area contributed by atoms with E-state index in [9.17, 15) is 43.2 Å². The zero-order valence-corrected chi connectivity index (χ0v) is 80.4. The Bertz CT molecular complexity index is 4660. The lowest BCUT2D eigenvalue weighted by Crippen LogP contribution is -2.08. The summed E-state index contributed by atoms with van der Waals surface area (Å²) >= 11 is 0. The highest BCUT2D eigenvalue weighted by Crippen LogP contribution is 2.30. The molecule has 0 aliphatic carbocycles. The van der Waals surface area contributed by atoms with Gasteiger partial charge in [-0.3, -0.25) is 43.2 Å². The van der Waals surface area contributed by atoms with Crippen molar-refractivity contribution in [3.05, 3.63) is 258 Å². The molecular weight excluding hydrogens is 1610 g/mol. The minimum Gasteiger partial charge on any atom is -0.496 e. The van der Waals surface area contributed by atoms with Crippen LogP contribution in [0.1, 0.15) is 233 Å². The smallest absolute Gasteiger partial charge is 0.310 e. The van der Waals surface area contributed by atoms with Crippen LogP contribution in [-0.2, 0) is 140 Å². The largest absolute Gasteiger partial charge is 0.496 e. The van der Waals surface area contributed by atoms with Crippen LogP contribution in [0.15, 0.2) is 152 Å². The van der Waals surface area contributed by atoms with Crippen molar-refractivity contribution in [2.45, 2.75) is 221 Å². The minimum absolute atomic E-state index is 0.0652. The summed E-state index contributed by atoms with van der Waals surface area (Å²) in [4.78, 5) is 102. The molecular formula is C105H142O22. The van der Waals surface area contributed by atoms with Crippen LogP contribution in [0.4, 0.5) is 0 Å². The van der Waals surface area contributed by atoms with Crippen LogP contribution in [0.3, 0.4) is 0 Å². The predicted octanol–water partition coefficient (Wildman–Crippen LogP) is 20.5. The maximum Gasteiger partial charge on any atom is 0.310 e. The monoisotopic (exact) mass is 1750 g/mol. The van der Waals surface area contributed by atoms with Gasteiger partial charge in [-0.05, 0) is 265 Å². The Hall–Kier alpha value is -12.1. The number of rotatable bonds is 35. The number of carbonyl (C=O) groups excluding carboxylic acids is 9. The quantitative estimate of drug-likeness (QED) is 0.0203. The van der Waals surface area contributed by atoms with Gasteiger partial charge in [0.1, 0.15) is 28.7 Å². The Kier molecular flexibility index (Phi) is 56.7. The summed E-state index contributed by atoms with van der Waals surface area (Å²) in [5, 5.41) is 0.